The van der Waals surface area contributed by atoms with Crippen LogP contribution in [0.3, 0.4) is 0 Å². The van der Waals surface area contributed by atoms with Crippen LogP contribution in [-0.4, -0.2) is 51.9 Å². The topological polar surface area (TPSA) is 97.3 Å². The molecule has 1 aliphatic rings. The van der Waals surface area contributed by atoms with Gasteiger partial charge in [0.25, 0.3) is 11.8 Å². The second-order valence-electron chi connectivity index (χ2n) is 8.03. The molecule has 2 aromatic heterocycles. The fourth-order valence-corrected chi connectivity index (χ4v) is 4.09. The Morgan fingerprint density at radius 1 is 1.09 bits per heavy atom. The van der Waals surface area contributed by atoms with Crippen LogP contribution in [0.5, 0.6) is 5.75 Å². The standard InChI is InChI=1S/C25H27N5O3/c1-33-23-8-3-2-6-19(23)15-28-24(31)20-16-26-17-29-22(20)14-18-9-12-30(13-10-18)25(32)21-7-4-5-11-27-21/h2-8,11,16-18H,9-10,12-15H2,1H3,(H,28,31). The number of aromatic nitrogens is 3. The Kier molecular flexibility index (Phi) is 7.24. The Bertz CT molecular complexity index is 1100. The molecular formula is C25H27N5O3. The van der Waals surface area contributed by atoms with E-state index in [0.29, 0.717) is 43.2 Å². The van der Waals surface area contributed by atoms with Crippen LogP contribution < -0.4 is 10.1 Å². The van der Waals surface area contributed by atoms with E-state index in [1.807, 2.05) is 35.2 Å². The maximum Gasteiger partial charge on any atom is 0.272 e. The van der Waals surface area contributed by atoms with Crippen molar-refractivity contribution in [1.82, 2.24) is 25.2 Å². The molecule has 0 unspecified atom stereocenters. The van der Waals surface area contributed by atoms with Gasteiger partial charge >= 0.3 is 0 Å². The van der Waals surface area contributed by atoms with Crippen molar-refractivity contribution in [2.75, 3.05) is 20.2 Å². The first-order valence-corrected chi connectivity index (χ1v) is 11.0. The molecule has 0 aliphatic carbocycles. The lowest BCUT2D eigenvalue weighted by Crippen LogP contribution is -2.39. The molecule has 1 fully saturated rings. The number of piperidine rings is 1. The number of pyridine rings is 1. The summed E-state index contributed by atoms with van der Waals surface area (Å²) >= 11 is 0. The third-order valence-electron chi connectivity index (χ3n) is 5.94. The van der Waals surface area contributed by atoms with Gasteiger partial charge in [-0.2, -0.15) is 0 Å². The molecule has 170 valence electrons. The minimum absolute atomic E-state index is 0.0347. The molecule has 8 nitrogen and oxygen atoms in total. The van der Waals surface area contributed by atoms with E-state index in [1.165, 1.54) is 6.33 Å². The average Bonchev–Trinajstić information content (AvgIpc) is 2.88. The van der Waals surface area contributed by atoms with Crippen molar-refractivity contribution in [2.45, 2.75) is 25.8 Å². The van der Waals surface area contributed by atoms with Gasteiger partial charge in [0.2, 0.25) is 0 Å². The van der Waals surface area contributed by atoms with Crippen LogP contribution >= 0.6 is 0 Å². The summed E-state index contributed by atoms with van der Waals surface area (Å²) in [5, 5.41) is 2.95. The van der Waals surface area contributed by atoms with E-state index in [4.69, 9.17) is 4.74 Å². The van der Waals surface area contributed by atoms with Crippen LogP contribution in [0.1, 0.15) is 44.9 Å². The number of nitrogens with one attached hydrogen (secondary N) is 1. The molecule has 3 heterocycles. The van der Waals surface area contributed by atoms with Crippen LogP contribution in [0.15, 0.2) is 61.2 Å². The van der Waals surface area contributed by atoms with Crippen molar-refractivity contribution < 1.29 is 14.3 Å². The summed E-state index contributed by atoms with van der Waals surface area (Å²) in [5.41, 5.74) is 2.59. The Morgan fingerprint density at radius 3 is 2.64 bits per heavy atom. The minimum atomic E-state index is -0.209. The second-order valence-corrected chi connectivity index (χ2v) is 8.03. The van der Waals surface area contributed by atoms with Crippen molar-refractivity contribution in [3.8, 4) is 5.75 Å². The lowest BCUT2D eigenvalue weighted by Gasteiger charge is -2.31. The molecule has 0 radical (unpaired) electrons. The number of nitrogens with zero attached hydrogens (tertiary/aromatic N) is 4. The molecule has 2 amide bonds. The van der Waals surface area contributed by atoms with E-state index < -0.39 is 0 Å². The number of amides is 2. The predicted molar refractivity (Wildman–Crippen MR) is 123 cm³/mol. The Hall–Kier alpha value is -3.81. The number of rotatable bonds is 7. The average molecular weight is 446 g/mol. The largest absolute Gasteiger partial charge is 0.496 e. The maximum absolute atomic E-state index is 12.9. The molecule has 4 rings (SSSR count). The van der Waals surface area contributed by atoms with Crippen molar-refractivity contribution in [3.05, 3.63) is 83.7 Å². The van der Waals surface area contributed by atoms with Crippen molar-refractivity contribution in [2.24, 2.45) is 5.92 Å². The molecule has 8 heteroatoms. The van der Waals surface area contributed by atoms with Crippen molar-refractivity contribution in [3.63, 3.8) is 0 Å². The number of likely N-dealkylation sites (tertiary alicyclic amines) is 1. The van der Waals surface area contributed by atoms with Crippen LogP contribution in [0.4, 0.5) is 0 Å². The van der Waals surface area contributed by atoms with E-state index in [9.17, 15) is 9.59 Å². The van der Waals surface area contributed by atoms with Crippen LogP contribution in [-0.2, 0) is 13.0 Å². The van der Waals surface area contributed by atoms with Gasteiger partial charge in [0.15, 0.2) is 0 Å². The second kappa shape index (κ2) is 10.7. The summed E-state index contributed by atoms with van der Waals surface area (Å²) in [5.74, 6) is 0.828. The number of carbonyl (C=O) groups is 2. The zero-order valence-electron chi connectivity index (χ0n) is 18.6. The zero-order valence-corrected chi connectivity index (χ0v) is 18.6. The smallest absolute Gasteiger partial charge is 0.272 e. The summed E-state index contributed by atoms with van der Waals surface area (Å²) in [4.78, 5) is 40.0. The van der Waals surface area contributed by atoms with Crippen molar-refractivity contribution in [1.29, 1.82) is 0 Å². The molecular weight excluding hydrogens is 418 g/mol. The molecule has 0 saturated carbocycles. The molecule has 0 bridgehead atoms. The van der Waals surface area contributed by atoms with Crippen LogP contribution in [0.25, 0.3) is 0 Å². The highest BCUT2D eigenvalue weighted by Gasteiger charge is 2.26. The first-order valence-electron chi connectivity index (χ1n) is 11.0. The van der Waals surface area contributed by atoms with Gasteiger partial charge in [0.1, 0.15) is 17.8 Å². The van der Waals surface area contributed by atoms with E-state index in [-0.39, 0.29) is 11.8 Å². The predicted octanol–water partition coefficient (Wildman–Crippen LogP) is 2.91. The van der Waals surface area contributed by atoms with Gasteiger partial charge in [-0.15, -0.1) is 0 Å². The van der Waals surface area contributed by atoms with Gasteiger partial charge in [-0.25, -0.2) is 9.97 Å². The Morgan fingerprint density at radius 2 is 1.88 bits per heavy atom. The molecule has 0 atom stereocenters. The molecule has 1 aliphatic heterocycles. The summed E-state index contributed by atoms with van der Waals surface area (Å²) in [6.07, 6.45) is 7.06. The van der Waals surface area contributed by atoms with Gasteiger partial charge in [-0.3, -0.25) is 14.6 Å². The summed E-state index contributed by atoms with van der Waals surface area (Å²) in [6.45, 7) is 1.69. The summed E-state index contributed by atoms with van der Waals surface area (Å²) in [7, 11) is 1.61. The number of carbonyl (C=O) groups excluding carboxylic acids is 2. The molecule has 1 aromatic carbocycles. The Balaban J connectivity index is 1.35. The summed E-state index contributed by atoms with van der Waals surface area (Å²) in [6, 6.07) is 12.9. The highest BCUT2D eigenvalue weighted by molar-refractivity contribution is 5.95. The van der Waals surface area contributed by atoms with E-state index in [0.717, 1.165) is 29.8 Å². The van der Waals surface area contributed by atoms with Gasteiger partial charge in [-0.1, -0.05) is 24.3 Å². The lowest BCUT2D eigenvalue weighted by atomic mass is 9.90. The molecule has 1 N–H and O–H groups in total. The number of ether oxygens (including phenoxy) is 1. The lowest BCUT2D eigenvalue weighted by molar-refractivity contribution is 0.0684. The third kappa shape index (κ3) is 5.52. The minimum Gasteiger partial charge on any atom is -0.496 e. The van der Waals surface area contributed by atoms with E-state index in [2.05, 4.69) is 20.3 Å². The molecule has 0 spiro atoms. The fourth-order valence-electron chi connectivity index (χ4n) is 4.09. The third-order valence-corrected chi connectivity index (χ3v) is 5.94. The maximum atomic E-state index is 12.9. The van der Waals surface area contributed by atoms with Gasteiger partial charge in [0, 0.05) is 37.6 Å². The summed E-state index contributed by atoms with van der Waals surface area (Å²) < 4.78 is 5.35. The van der Waals surface area contributed by atoms with Gasteiger partial charge < -0.3 is 15.0 Å². The van der Waals surface area contributed by atoms with Gasteiger partial charge in [0.05, 0.1) is 18.4 Å². The quantitative estimate of drug-likeness (QED) is 0.601. The number of para-hydroxylation sites is 1. The molecule has 33 heavy (non-hydrogen) atoms. The van der Waals surface area contributed by atoms with Crippen LogP contribution in [0.2, 0.25) is 0 Å². The van der Waals surface area contributed by atoms with Crippen molar-refractivity contribution >= 4 is 11.8 Å². The number of hydrogen-bond acceptors (Lipinski definition) is 6. The Labute approximate surface area is 193 Å². The SMILES string of the molecule is COc1ccccc1CNC(=O)c1cncnc1CC1CCN(C(=O)c2ccccn2)CC1. The first-order chi connectivity index (χ1) is 16.2. The van der Waals surface area contributed by atoms with Crippen LogP contribution in [0, 0.1) is 5.92 Å². The number of hydrogen-bond donors (Lipinski definition) is 1. The monoisotopic (exact) mass is 445 g/mol. The fraction of sp³-hybridized carbons (Fsp3) is 0.320. The van der Waals surface area contributed by atoms with E-state index in [1.54, 1.807) is 31.6 Å². The molecule has 3 aromatic rings. The van der Waals surface area contributed by atoms with Gasteiger partial charge in [-0.05, 0) is 43.4 Å². The number of methoxy groups -OCH3 is 1. The number of benzene rings is 1. The zero-order chi connectivity index (χ0) is 23.0. The first kappa shape index (κ1) is 22.4. The highest BCUT2D eigenvalue weighted by Crippen LogP contribution is 2.23. The molecule has 1 saturated heterocycles. The van der Waals surface area contributed by atoms with E-state index >= 15 is 0 Å². The normalized spacial score (nSPS) is 14.0. The highest BCUT2D eigenvalue weighted by atomic mass is 16.5.